The second kappa shape index (κ2) is 6.23. The molecule has 4 nitrogen and oxygen atoms in total. The van der Waals surface area contributed by atoms with Crippen LogP contribution in [0.1, 0.15) is 67.2 Å². The minimum Gasteiger partial charge on any atom is -0.455 e. The van der Waals surface area contributed by atoms with Gasteiger partial charge in [-0.2, -0.15) is 9.78 Å². The summed E-state index contributed by atoms with van der Waals surface area (Å²) in [5.41, 5.74) is -0.503. The van der Waals surface area contributed by atoms with E-state index in [1.807, 2.05) is 27.7 Å². The van der Waals surface area contributed by atoms with Crippen LogP contribution in [0.5, 0.6) is 0 Å². The summed E-state index contributed by atoms with van der Waals surface area (Å²) >= 11 is 0. The summed E-state index contributed by atoms with van der Waals surface area (Å²) in [5.74, 6) is -0.587. The van der Waals surface area contributed by atoms with Crippen LogP contribution < -0.4 is 0 Å². The number of hydrogen-bond acceptors (Lipinski definition) is 4. The number of carbonyl (C=O) groups excluding carboxylic acids is 1. The van der Waals surface area contributed by atoms with E-state index in [1.165, 1.54) is 0 Å². The van der Waals surface area contributed by atoms with Gasteiger partial charge in [-0.25, -0.2) is 4.79 Å². The molecule has 0 aromatic rings. The fourth-order valence-corrected chi connectivity index (χ4v) is 1.65. The average Bonchev–Trinajstić information content (AvgIpc) is 3.04. The van der Waals surface area contributed by atoms with Crippen molar-refractivity contribution in [2.45, 2.75) is 78.6 Å². The molecule has 112 valence electrons. The highest BCUT2D eigenvalue weighted by atomic mass is 17.4. The quantitative estimate of drug-likeness (QED) is 0.291. The topological polar surface area (TPSA) is 51.4 Å². The summed E-state index contributed by atoms with van der Waals surface area (Å²) in [6.45, 7) is 12.3. The molecule has 0 aromatic carbocycles. The van der Waals surface area contributed by atoms with Crippen LogP contribution in [-0.4, -0.2) is 17.4 Å². The van der Waals surface area contributed by atoms with Gasteiger partial charge in [-0.3, -0.25) is 0 Å². The second-order valence-corrected chi connectivity index (χ2v) is 6.71. The van der Waals surface area contributed by atoms with E-state index in [-0.39, 0.29) is 5.92 Å². The van der Waals surface area contributed by atoms with Crippen LogP contribution in [0.15, 0.2) is 0 Å². The summed E-state index contributed by atoms with van der Waals surface area (Å²) in [7, 11) is 0. The summed E-state index contributed by atoms with van der Waals surface area (Å²) in [6, 6.07) is 0. The van der Waals surface area contributed by atoms with Crippen LogP contribution in [0.3, 0.4) is 0 Å². The normalized spacial score (nSPS) is 17.9. The van der Waals surface area contributed by atoms with Crippen molar-refractivity contribution in [2.75, 3.05) is 0 Å². The van der Waals surface area contributed by atoms with Crippen molar-refractivity contribution in [1.82, 2.24) is 0 Å². The van der Waals surface area contributed by atoms with Gasteiger partial charge in [-0.15, -0.1) is 0 Å². The van der Waals surface area contributed by atoms with E-state index in [2.05, 4.69) is 13.8 Å². The van der Waals surface area contributed by atoms with Gasteiger partial charge in [0, 0.05) is 6.42 Å². The Hall–Kier alpha value is -0.610. The average molecular weight is 272 g/mol. The molecule has 0 saturated carbocycles. The Bertz CT molecular complexity index is 303. The van der Waals surface area contributed by atoms with E-state index >= 15 is 0 Å². The highest BCUT2D eigenvalue weighted by Gasteiger charge is 2.58. The first-order valence-corrected chi connectivity index (χ1v) is 7.30. The first-order valence-electron chi connectivity index (χ1n) is 7.30. The lowest BCUT2D eigenvalue weighted by atomic mass is 9.94. The zero-order valence-electron chi connectivity index (χ0n) is 13.1. The van der Waals surface area contributed by atoms with Gasteiger partial charge in [0.25, 0.3) is 0 Å². The van der Waals surface area contributed by atoms with Crippen molar-refractivity contribution in [3.8, 4) is 0 Å². The molecule has 1 saturated heterocycles. The summed E-state index contributed by atoms with van der Waals surface area (Å²) in [6.07, 6.45) is 3.72. The van der Waals surface area contributed by atoms with Crippen LogP contribution in [0.2, 0.25) is 0 Å². The third-order valence-corrected chi connectivity index (χ3v) is 3.88. The number of hydrogen-bond donors (Lipinski definition) is 0. The lowest BCUT2D eigenvalue weighted by Crippen LogP contribution is -2.39. The van der Waals surface area contributed by atoms with Crippen molar-refractivity contribution in [3.63, 3.8) is 0 Å². The van der Waals surface area contributed by atoms with E-state index < -0.39 is 17.4 Å². The van der Waals surface area contributed by atoms with Gasteiger partial charge in [0.2, 0.25) is 0 Å². The van der Waals surface area contributed by atoms with Gasteiger partial charge >= 0.3 is 11.8 Å². The molecule has 0 spiro atoms. The minimum absolute atomic E-state index is 0.244. The second-order valence-electron chi connectivity index (χ2n) is 6.71. The fraction of sp³-hybridized carbons (Fsp3) is 0.933. The van der Waals surface area contributed by atoms with E-state index in [4.69, 9.17) is 14.5 Å². The Morgan fingerprint density at radius 3 is 2.16 bits per heavy atom. The minimum atomic E-state index is -1.12. The largest absolute Gasteiger partial charge is 0.455 e. The smallest absolute Gasteiger partial charge is 0.373 e. The number of esters is 1. The number of ether oxygens (including phenoxy) is 1. The lowest BCUT2D eigenvalue weighted by molar-refractivity contribution is -0.168. The molecule has 0 aliphatic carbocycles. The van der Waals surface area contributed by atoms with Crippen LogP contribution >= 0.6 is 0 Å². The molecule has 0 aromatic heterocycles. The van der Waals surface area contributed by atoms with Crippen molar-refractivity contribution in [2.24, 2.45) is 11.8 Å². The molecule has 0 radical (unpaired) electrons. The predicted octanol–water partition coefficient (Wildman–Crippen LogP) is 3.84. The van der Waals surface area contributed by atoms with Gasteiger partial charge in [0.15, 0.2) is 0 Å². The zero-order valence-corrected chi connectivity index (χ0v) is 13.1. The first kappa shape index (κ1) is 16.4. The maximum Gasteiger partial charge on any atom is 0.373 e. The Labute approximate surface area is 116 Å². The summed E-state index contributed by atoms with van der Waals surface area (Å²) in [4.78, 5) is 21.9. The maximum absolute atomic E-state index is 12.1. The molecule has 0 N–H and O–H groups in total. The Morgan fingerprint density at radius 2 is 1.74 bits per heavy atom. The van der Waals surface area contributed by atoms with Crippen molar-refractivity contribution >= 4 is 5.97 Å². The standard InChI is InChI=1S/C15H28O4/c1-11(2)9-7-8-10-15(18-19-15)13(16)17-14(5,6)12(3)4/h11-12H,7-10H2,1-6H3. The molecule has 1 rings (SSSR count). The van der Waals surface area contributed by atoms with E-state index in [1.54, 1.807) is 0 Å². The lowest BCUT2D eigenvalue weighted by Gasteiger charge is -2.29. The van der Waals surface area contributed by atoms with E-state index in [0.717, 1.165) is 19.3 Å². The van der Waals surface area contributed by atoms with Crippen LogP contribution in [0, 0.1) is 11.8 Å². The molecule has 0 atom stereocenters. The fourth-order valence-electron chi connectivity index (χ4n) is 1.65. The van der Waals surface area contributed by atoms with Gasteiger partial charge in [0.1, 0.15) is 5.60 Å². The molecule has 0 bridgehead atoms. The van der Waals surface area contributed by atoms with Gasteiger partial charge in [-0.05, 0) is 32.1 Å². The highest BCUT2D eigenvalue weighted by Crippen LogP contribution is 2.38. The molecule has 1 fully saturated rings. The third-order valence-electron chi connectivity index (χ3n) is 3.88. The molecule has 0 amide bonds. The monoisotopic (exact) mass is 272 g/mol. The van der Waals surface area contributed by atoms with Crippen molar-refractivity contribution in [3.05, 3.63) is 0 Å². The van der Waals surface area contributed by atoms with Crippen molar-refractivity contribution in [1.29, 1.82) is 0 Å². The predicted molar refractivity (Wildman–Crippen MR) is 73.2 cm³/mol. The molecule has 1 aliphatic heterocycles. The highest BCUT2D eigenvalue weighted by molar-refractivity contribution is 5.79. The number of carbonyl (C=O) groups is 1. The number of rotatable bonds is 8. The van der Waals surface area contributed by atoms with Crippen LogP contribution in [0.4, 0.5) is 0 Å². The Balaban J connectivity index is 2.39. The van der Waals surface area contributed by atoms with Crippen LogP contribution in [-0.2, 0) is 19.3 Å². The third kappa shape index (κ3) is 4.77. The van der Waals surface area contributed by atoms with Gasteiger partial charge in [-0.1, -0.05) is 40.5 Å². The van der Waals surface area contributed by atoms with Gasteiger partial charge < -0.3 is 4.74 Å². The molecular weight excluding hydrogens is 244 g/mol. The molecule has 4 heteroatoms. The Morgan fingerprint density at radius 1 is 1.16 bits per heavy atom. The maximum atomic E-state index is 12.1. The molecular formula is C15H28O4. The molecule has 1 heterocycles. The Kier molecular flexibility index (Phi) is 5.39. The zero-order chi connectivity index (χ0) is 14.7. The summed E-state index contributed by atoms with van der Waals surface area (Å²) < 4.78 is 5.52. The summed E-state index contributed by atoms with van der Waals surface area (Å²) in [5, 5.41) is 0. The molecule has 1 aliphatic rings. The molecule has 19 heavy (non-hydrogen) atoms. The van der Waals surface area contributed by atoms with E-state index in [0.29, 0.717) is 12.3 Å². The SMILES string of the molecule is CC(C)CCCCC1(C(=O)OC(C)(C)C(C)C)OO1. The molecule has 0 unspecified atom stereocenters. The number of unbranched alkanes of at least 4 members (excludes halogenated alkanes) is 1. The van der Waals surface area contributed by atoms with E-state index in [9.17, 15) is 4.79 Å². The first-order chi connectivity index (χ1) is 8.69. The van der Waals surface area contributed by atoms with Crippen LogP contribution in [0.25, 0.3) is 0 Å². The van der Waals surface area contributed by atoms with Gasteiger partial charge in [0.05, 0.1) is 0 Å². The van der Waals surface area contributed by atoms with Crippen molar-refractivity contribution < 1.29 is 19.3 Å².